The largest absolute Gasteiger partial charge is 0.360 e. The van der Waals surface area contributed by atoms with Gasteiger partial charge in [0.05, 0.1) is 13.2 Å². The number of benzene rings is 2. The van der Waals surface area contributed by atoms with E-state index in [9.17, 15) is 26.8 Å². The van der Waals surface area contributed by atoms with Crippen molar-refractivity contribution in [3.05, 3.63) is 65.2 Å². The van der Waals surface area contributed by atoms with E-state index in [1.54, 1.807) is 0 Å². The van der Waals surface area contributed by atoms with Gasteiger partial charge in [-0.25, -0.2) is 17.2 Å². The van der Waals surface area contributed by atoms with Crippen molar-refractivity contribution in [3.8, 4) is 0 Å². The molecular formula is C21H23F2N3O5S. The van der Waals surface area contributed by atoms with Crippen molar-refractivity contribution in [3.63, 3.8) is 0 Å². The summed E-state index contributed by atoms with van der Waals surface area (Å²) in [6.07, 6.45) is -0.845. The van der Waals surface area contributed by atoms with Gasteiger partial charge in [0.25, 0.3) is 0 Å². The van der Waals surface area contributed by atoms with E-state index < -0.39 is 44.6 Å². The van der Waals surface area contributed by atoms with Crippen LogP contribution < -0.4 is 10.6 Å². The maximum absolute atomic E-state index is 14.1. The van der Waals surface area contributed by atoms with E-state index in [1.165, 1.54) is 0 Å². The van der Waals surface area contributed by atoms with Gasteiger partial charge >= 0.3 is 11.8 Å². The highest BCUT2D eigenvalue weighted by atomic mass is 32.2. The molecule has 172 valence electrons. The molecule has 1 saturated heterocycles. The molecule has 11 heteroatoms. The summed E-state index contributed by atoms with van der Waals surface area (Å²) in [5.74, 6) is -3.87. The van der Waals surface area contributed by atoms with Gasteiger partial charge in [0.1, 0.15) is 22.8 Å². The van der Waals surface area contributed by atoms with Gasteiger partial charge in [-0.3, -0.25) is 9.59 Å². The zero-order valence-corrected chi connectivity index (χ0v) is 18.1. The molecule has 0 spiro atoms. The van der Waals surface area contributed by atoms with Crippen LogP contribution in [-0.4, -0.2) is 50.5 Å². The van der Waals surface area contributed by atoms with Crippen molar-refractivity contribution in [1.29, 1.82) is 0 Å². The lowest BCUT2D eigenvalue weighted by atomic mass is 10.1. The maximum atomic E-state index is 14.1. The molecule has 0 unspecified atom stereocenters. The van der Waals surface area contributed by atoms with Gasteiger partial charge in [-0.15, -0.1) is 0 Å². The number of carbonyl (C=O) groups is 2. The Labute approximate surface area is 184 Å². The summed E-state index contributed by atoms with van der Waals surface area (Å²) in [6.45, 7) is 1.92. The first-order chi connectivity index (χ1) is 15.2. The second-order valence-corrected chi connectivity index (χ2v) is 9.11. The molecule has 1 aliphatic heterocycles. The van der Waals surface area contributed by atoms with Crippen LogP contribution in [0.4, 0.5) is 8.78 Å². The van der Waals surface area contributed by atoms with Crippen LogP contribution in [0.1, 0.15) is 17.5 Å². The average molecular weight is 467 g/mol. The van der Waals surface area contributed by atoms with Crippen molar-refractivity contribution in [2.75, 3.05) is 19.7 Å². The number of aryl methyl sites for hydroxylation is 1. The number of nitrogens with zero attached hydrogens (tertiary/aromatic N) is 1. The number of nitrogens with one attached hydrogen (secondary N) is 2. The summed E-state index contributed by atoms with van der Waals surface area (Å²) in [6, 6.07) is 9.51. The smallest absolute Gasteiger partial charge is 0.309 e. The maximum Gasteiger partial charge on any atom is 0.309 e. The summed E-state index contributed by atoms with van der Waals surface area (Å²) >= 11 is 0. The highest BCUT2D eigenvalue weighted by Gasteiger charge is 2.36. The molecule has 2 N–H and O–H groups in total. The minimum Gasteiger partial charge on any atom is -0.360 e. The Hall–Kier alpha value is -2.89. The summed E-state index contributed by atoms with van der Waals surface area (Å²) in [5.41, 5.74) is 1.87. The van der Waals surface area contributed by atoms with Gasteiger partial charge < -0.3 is 15.4 Å². The fraction of sp³-hybridized carbons (Fsp3) is 0.333. The lowest BCUT2D eigenvalue weighted by Gasteiger charge is -2.34. The van der Waals surface area contributed by atoms with Crippen LogP contribution in [0.3, 0.4) is 0 Å². The quantitative estimate of drug-likeness (QED) is 0.626. The van der Waals surface area contributed by atoms with Crippen LogP contribution >= 0.6 is 0 Å². The van der Waals surface area contributed by atoms with Crippen LogP contribution in [-0.2, 0) is 30.9 Å². The van der Waals surface area contributed by atoms with Crippen molar-refractivity contribution in [1.82, 2.24) is 14.9 Å². The van der Waals surface area contributed by atoms with Gasteiger partial charge in [0.2, 0.25) is 10.0 Å². The summed E-state index contributed by atoms with van der Waals surface area (Å²) < 4.78 is 59.6. The Morgan fingerprint density at radius 3 is 2.50 bits per heavy atom. The van der Waals surface area contributed by atoms with Crippen LogP contribution in [0.15, 0.2) is 47.4 Å². The second kappa shape index (κ2) is 10.2. The molecule has 32 heavy (non-hydrogen) atoms. The second-order valence-electron chi connectivity index (χ2n) is 7.25. The van der Waals surface area contributed by atoms with E-state index in [2.05, 4.69) is 10.6 Å². The Bertz CT molecular complexity index is 1090. The van der Waals surface area contributed by atoms with E-state index in [0.29, 0.717) is 12.5 Å². The molecule has 0 bridgehead atoms. The number of hydrogen-bond acceptors (Lipinski definition) is 5. The lowest BCUT2D eigenvalue weighted by Crippen LogP contribution is -2.53. The number of ether oxygens (including phenoxy) is 1. The average Bonchev–Trinajstić information content (AvgIpc) is 2.78. The number of carbonyl (C=O) groups excluding carboxylic acids is 2. The van der Waals surface area contributed by atoms with Gasteiger partial charge in [-0.2, -0.15) is 4.31 Å². The molecule has 0 aliphatic carbocycles. The zero-order valence-electron chi connectivity index (χ0n) is 17.3. The minimum absolute atomic E-state index is 0.0154. The third-order valence-corrected chi connectivity index (χ3v) is 6.76. The first-order valence-corrected chi connectivity index (χ1v) is 11.3. The van der Waals surface area contributed by atoms with Crippen LogP contribution in [0.25, 0.3) is 0 Å². The highest BCUT2D eigenvalue weighted by Crippen LogP contribution is 2.24. The van der Waals surface area contributed by atoms with Crippen LogP contribution in [0, 0.1) is 18.6 Å². The molecule has 8 nitrogen and oxygen atoms in total. The third kappa shape index (κ3) is 5.67. The van der Waals surface area contributed by atoms with E-state index in [-0.39, 0.29) is 26.2 Å². The molecule has 1 aliphatic rings. The number of hydrogen-bond donors (Lipinski definition) is 2. The molecule has 0 radical (unpaired) electrons. The van der Waals surface area contributed by atoms with Crippen molar-refractivity contribution in [2.45, 2.75) is 31.0 Å². The zero-order chi connectivity index (χ0) is 23.3. The SMILES string of the molecule is Cc1ccc(CNC(=O)C(=O)NC[C@@H]2OCCCN2S(=O)(=O)c2cc(F)ccc2F)cc1. The van der Waals surface area contributed by atoms with Gasteiger partial charge in [-0.05, 0) is 37.1 Å². The molecule has 0 aromatic heterocycles. The monoisotopic (exact) mass is 467 g/mol. The predicted molar refractivity (Wildman–Crippen MR) is 111 cm³/mol. The van der Waals surface area contributed by atoms with Gasteiger partial charge in [0.15, 0.2) is 0 Å². The minimum atomic E-state index is -4.44. The van der Waals surface area contributed by atoms with E-state index >= 15 is 0 Å². The summed E-state index contributed by atoms with van der Waals surface area (Å²) in [5, 5.41) is 4.80. The number of rotatable bonds is 6. The standard InChI is InChI=1S/C21H23F2N3O5S/c1-14-3-5-15(6-4-14)12-24-20(27)21(28)25-13-19-26(9-2-10-31-19)32(29,30)18-11-16(22)7-8-17(18)23/h3-8,11,19H,2,9-10,12-13H2,1H3,(H,24,27)(H,25,28)/t19-/m0/s1. The molecule has 2 aromatic rings. The van der Waals surface area contributed by atoms with Gasteiger partial charge in [-0.1, -0.05) is 29.8 Å². The molecule has 1 fully saturated rings. The van der Waals surface area contributed by atoms with E-state index in [4.69, 9.17) is 4.74 Å². The van der Waals surface area contributed by atoms with Crippen LogP contribution in [0.2, 0.25) is 0 Å². The van der Waals surface area contributed by atoms with E-state index in [0.717, 1.165) is 27.6 Å². The molecule has 3 rings (SSSR count). The Morgan fingerprint density at radius 1 is 1.09 bits per heavy atom. The molecule has 1 heterocycles. The van der Waals surface area contributed by atoms with Crippen molar-refractivity contribution >= 4 is 21.8 Å². The molecular weight excluding hydrogens is 444 g/mol. The fourth-order valence-corrected chi connectivity index (χ4v) is 4.78. The van der Waals surface area contributed by atoms with Gasteiger partial charge in [0, 0.05) is 13.1 Å². The topological polar surface area (TPSA) is 105 Å². The molecule has 2 aromatic carbocycles. The first kappa shape index (κ1) is 23.8. The fourth-order valence-electron chi connectivity index (χ4n) is 3.13. The third-order valence-electron chi connectivity index (χ3n) is 4.85. The molecule has 0 saturated carbocycles. The first-order valence-electron chi connectivity index (χ1n) is 9.88. The number of halogens is 2. The number of amides is 2. The lowest BCUT2D eigenvalue weighted by molar-refractivity contribution is -0.140. The van der Waals surface area contributed by atoms with Crippen LogP contribution in [0.5, 0.6) is 0 Å². The normalized spacial score (nSPS) is 17.0. The Morgan fingerprint density at radius 2 is 1.78 bits per heavy atom. The number of sulfonamides is 1. The molecule has 2 amide bonds. The predicted octanol–water partition coefficient (Wildman–Crippen LogP) is 1.44. The Balaban J connectivity index is 1.62. The summed E-state index contributed by atoms with van der Waals surface area (Å²) in [4.78, 5) is 23.4. The van der Waals surface area contributed by atoms with Crippen molar-refractivity contribution in [2.24, 2.45) is 0 Å². The molecule has 1 atom stereocenters. The van der Waals surface area contributed by atoms with Crippen molar-refractivity contribution < 1.29 is 31.5 Å². The highest BCUT2D eigenvalue weighted by molar-refractivity contribution is 7.89. The summed E-state index contributed by atoms with van der Waals surface area (Å²) in [7, 11) is -4.44. The Kier molecular flexibility index (Phi) is 7.54. The van der Waals surface area contributed by atoms with E-state index in [1.807, 2.05) is 31.2 Å².